The summed E-state index contributed by atoms with van der Waals surface area (Å²) in [6, 6.07) is 7.99. The third-order valence-corrected chi connectivity index (χ3v) is 4.46. The molecule has 5 nitrogen and oxygen atoms in total. The second kappa shape index (κ2) is 7.23. The zero-order valence-corrected chi connectivity index (χ0v) is 15.6. The number of ether oxygens (including phenoxy) is 2. The summed E-state index contributed by atoms with van der Waals surface area (Å²) in [6.07, 6.45) is 1.69. The van der Waals surface area contributed by atoms with Gasteiger partial charge in [0.25, 0.3) is 0 Å². The molecule has 140 valence electrons. The van der Waals surface area contributed by atoms with Crippen LogP contribution < -0.4 is 4.74 Å². The number of carbonyl (C=O) groups is 2. The van der Waals surface area contributed by atoms with Gasteiger partial charge in [-0.1, -0.05) is 0 Å². The summed E-state index contributed by atoms with van der Waals surface area (Å²) in [6.45, 7) is 5.10. The quantitative estimate of drug-likeness (QED) is 0.493. The first-order valence-corrected chi connectivity index (χ1v) is 8.55. The molecule has 0 unspecified atom stereocenters. The molecular weight excluding hydrogens is 349 g/mol. The zero-order valence-electron chi connectivity index (χ0n) is 15.6. The number of methoxy groups -OCH3 is 1. The molecule has 0 N–H and O–H groups in total. The normalized spacial score (nSPS) is 10.9. The Bertz CT molecular complexity index is 1050. The number of hydrogen-bond acceptors (Lipinski definition) is 4. The van der Waals surface area contributed by atoms with Crippen LogP contribution in [0, 0.1) is 12.7 Å². The molecule has 6 heteroatoms. The van der Waals surface area contributed by atoms with Crippen molar-refractivity contribution in [3.8, 4) is 16.9 Å². The summed E-state index contributed by atoms with van der Waals surface area (Å²) < 4.78 is 26.3. The van der Waals surface area contributed by atoms with Crippen molar-refractivity contribution in [3.05, 3.63) is 59.2 Å². The predicted octanol–water partition coefficient (Wildman–Crippen LogP) is 4.44. The number of nitrogens with zero attached hydrogens (tertiary/aromatic N) is 1. The van der Waals surface area contributed by atoms with Crippen LogP contribution in [0.15, 0.2) is 36.5 Å². The molecule has 0 saturated heterocycles. The summed E-state index contributed by atoms with van der Waals surface area (Å²) >= 11 is 0. The summed E-state index contributed by atoms with van der Waals surface area (Å²) in [5.74, 6) is -0.693. The number of ketones is 1. The minimum absolute atomic E-state index is 0.194. The molecule has 27 heavy (non-hydrogen) atoms. The molecule has 2 aromatic heterocycles. The maximum Gasteiger partial charge on any atom is 0.338 e. The van der Waals surface area contributed by atoms with Crippen LogP contribution in [0.3, 0.4) is 0 Å². The Balaban J connectivity index is 2.24. The Morgan fingerprint density at radius 3 is 2.52 bits per heavy atom. The van der Waals surface area contributed by atoms with Crippen molar-refractivity contribution in [2.75, 3.05) is 13.7 Å². The minimum atomic E-state index is -0.488. The lowest BCUT2D eigenvalue weighted by Gasteiger charge is -2.12. The van der Waals surface area contributed by atoms with Gasteiger partial charge in [0.15, 0.2) is 5.78 Å². The Hall–Kier alpha value is -3.15. The van der Waals surface area contributed by atoms with Gasteiger partial charge in [-0.15, -0.1) is 0 Å². The monoisotopic (exact) mass is 369 g/mol. The van der Waals surface area contributed by atoms with Crippen LogP contribution in [-0.4, -0.2) is 29.9 Å². The van der Waals surface area contributed by atoms with Gasteiger partial charge in [0.2, 0.25) is 0 Å². The van der Waals surface area contributed by atoms with E-state index in [-0.39, 0.29) is 12.4 Å². The van der Waals surface area contributed by atoms with E-state index in [1.165, 1.54) is 20.1 Å². The molecule has 0 saturated carbocycles. The highest BCUT2D eigenvalue weighted by Crippen LogP contribution is 2.30. The van der Waals surface area contributed by atoms with Crippen LogP contribution in [0.4, 0.5) is 4.39 Å². The second-order valence-electron chi connectivity index (χ2n) is 6.18. The third-order valence-electron chi connectivity index (χ3n) is 4.46. The molecule has 0 aliphatic rings. The Labute approximate surface area is 156 Å². The molecule has 0 atom stereocenters. The summed E-state index contributed by atoms with van der Waals surface area (Å²) in [7, 11) is 1.47. The highest BCUT2D eigenvalue weighted by Gasteiger charge is 2.20. The molecule has 0 aliphatic heterocycles. The largest absolute Gasteiger partial charge is 0.497 e. The Morgan fingerprint density at radius 2 is 1.93 bits per heavy atom. The molecule has 0 bridgehead atoms. The molecule has 0 amide bonds. The van der Waals surface area contributed by atoms with E-state index in [1.807, 2.05) is 0 Å². The molecule has 0 spiro atoms. The summed E-state index contributed by atoms with van der Waals surface area (Å²) in [5.41, 5.74) is 2.82. The van der Waals surface area contributed by atoms with Crippen LogP contribution >= 0.6 is 0 Å². The number of carbonyl (C=O) groups excluding carboxylic acids is 2. The lowest BCUT2D eigenvalue weighted by molar-refractivity contribution is 0.0525. The van der Waals surface area contributed by atoms with Crippen molar-refractivity contribution in [3.63, 3.8) is 0 Å². The van der Waals surface area contributed by atoms with Crippen molar-refractivity contribution in [1.82, 2.24) is 4.40 Å². The average molecular weight is 369 g/mol. The smallest absolute Gasteiger partial charge is 0.338 e. The first-order valence-electron chi connectivity index (χ1n) is 8.55. The van der Waals surface area contributed by atoms with E-state index in [9.17, 15) is 14.0 Å². The maximum atomic E-state index is 14.5. The van der Waals surface area contributed by atoms with Crippen molar-refractivity contribution in [2.24, 2.45) is 0 Å². The van der Waals surface area contributed by atoms with E-state index >= 15 is 0 Å². The Morgan fingerprint density at radius 1 is 1.19 bits per heavy atom. The van der Waals surface area contributed by atoms with Crippen LogP contribution in [0.25, 0.3) is 16.6 Å². The fourth-order valence-electron chi connectivity index (χ4n) is 3.21. The van der Waals surface area contributed by atoms with Gasteiger partial charge in [0, 0.05) is 35.8 Å². The van der Waals surface area contributed by atoms with Crippen molar-refractivity contribution < 1.29 is 23.5 Å². The number of fused-ring (bicyclic) bond motifs is 1. The van der Waals surface area contributed by atoms with Gasteiger partial charge in [-0.3, -0.25) is 4.79 Å². The van der Waals surface area contributed by atoms with Gasteiger partial charge in [-0.05, 0) is 43.7 Å². The van der Waals surface area contributed by atoms with E-state index < -0.39 is 11.8 Å². The highest BCUT2D eigenvalue weighted by atomic mass is 19.1. The van der Waals surface area contributed by atoms with Crippen LogP contribution in [-0.2, 0) is 4.74 Å². The molecular formula is C21H20FNO4. The number of halogens is 1. The number of aromatic nitrogens is 1. The van der Waals surface area contributed by atoms with Crippen LogP contribution in [0.1, 0.15) is 40.3 Å². The topological polar surface area (TPSA) is 57.0 Å². The molecule has 2 heterocycles. The van der Waals surface area contributed by atoms with Crippen LogP contribution in [0.5, 0.6) is 5.75 Å². The molecule has 0 fully saturated rings. The zero-order chi connectivity index (χ0) is 19.7. The van der Waals surface area contributed by atoms with Crippen LogP contribution in [0.2, 0.25) is 0 Å². The van der Waals surface area contributed by atoms with Gasteiger partial charge in [-0.25, -0.2) is 9.18 Å². The molecule has 3 aromatic rings. The minimum Gasteiger partial charge on any atom is -0.497 e. The van der Waals surface area contributed by atoms with Gasteiger partial charge < -0.3 is 13.9 Å². The van der Waals surface area contributed by atoms with Gasteiger partial charge in [0.05, 0.1) is 25.0 Å². The number of esters is 1. The molecule has 1 aromatic carbocycles. The lowest BCUT2D eigenvalue weighted by atomic mass is 10.0. The predicted molar refractivity (Wildman–Crippen MR) is 100 cm³/mol. The van der Waals surface area contributed by atoms with Crippen molar-refractivity contribution in [1.29, 1.82) is 0 Å². The molecule has 3 rings (SSSR count). The van der Waals surface area contributed by atoms with E-state index in [2.05, 4.69) is 0 Å². The van der Waals surface area contributed by atoms with E-state index in [1.54, 1.807) is 48.7 Å². The SMILES string of the molecule is CCOC(=O)c1cc2cc(-c3ccc(OC)cc3F)cn2c(C(C)=O)c1C. The first kappa shape index (κ1) is 18.6. The average Bonchev–Trinajstić information content (AvgIpc) is 3.03. The number of hydrogen-bond donors (Lipinski definition) is 0. The highest BCUT2D eigenvalue weighted by molar-refractivity contribution is 6.01. The van der Waals surface area contributed by atoms with Gasteiger partial charge >= 0.3 is 5.97 Å². The number of benzene rings is 1. The number of Topliss-reactive ketones (excluding diaryl/α,β-unsaturated/α-hetero) is 1. The third kappa shape index (κ3) is 3.30. The number of pyridine rings is 1. The van der Waals surface area contributed by atoms with E-state index in [4.69, 9.17) is 9.47 Å². The fourth-order valence-corrected chi connectivity index (χ4v) is 3.21. The second-order valence-corrected chi connectivity index (χ2v) is 6.18. The number of rotatable bonds is 5. The van der Waals surface area contributed by atoms with Gasteiger partial charge in [0.1, 0.15) is 11.6 Å². The summed E-state index contributed by atoms with van der Waals surface area (Å²) in [5, 5.41) is 0. The molecule has 0 radical (unpaired) electrons. The standard InChI is InChI=1S/C21H20FNO4/c1-5-27-21(25)18-9-15-8-14(11-23(15)20(12(18)2)13(3)24)17-7-6-16(26-4)10-19(17)22/h6-11H,5H2,1-4H3. The first-order chi connectivity index (χ1) is 12.9. The fraction of sp³-hybridized carbons (Fsp3) is 0.238. The Kier molecular flexibility index (Phi) is 4.99. The van der Waals surface area contributed by atoms with E-state index in [0.717, 1.165) is 0 Å². The van der Waals surface area contributed by atoms with E-state index in [0.29, 0.717) is 39.2 Å². The van der Waals surface area contributed by atoms with Crippen molar-refractivity contribution >= 4 is 17.3 Å². The maximum absolute atomic E-state index is 14.5. The molecule has 0 aliphatic carbocycles. The van der Waals surface area contributed by atoms with Gasteiger partial charge in [-0.2, -0.15) is 0 Å². The lowest BCUT2D eigenvalue weighted by Crippen LogP contribution is -2.13. The van der Waals surface area contributed by atoms with Crippen molar-refractivity contribution in [2.45, 2.75) is 20.8 Å². The summed E-state index contributed by atoms with van der Waals surface area (Å²) in [4.78, 5) is 24.5.